The minimum atomic E-state index is -4.43. The van der Waals surface area contributed by atoms with E-state index in [1.54, 1.807) is 7.05 Å². The fraction of sp³-hybridized carbons (Fsp3) is 0.250. The molecule has 0 aliphatic heterocycles. The van der Waals surface area contributed by atoms with E-state index in [9.17, 15) is 13.2 Å². The molecule has 1 N–H and O–H groups in total. The zero-order valence-corrected chi connectivity index (χ0v) is 9.57. The van der Waals surface area contributed by atoms with Crippen LogP contribution < -0.4 is 0 Å². The van der Waals surface area contributed by atoms with Crippen LogP contribution in [-0.2, 0) is 19.8 Å². The Morgan fingerprint density at radius 1 is 1.22 bits per heavy atom. The summed E-state index contributed by atoms with van der Waals surface area (Å²) >= 11 is 0. The fourth-order valence-electron chi connectivity index (χ4n) is 1.84. The average Bonchev–Trinajstić information content (AvgIpc) is 2.69. The third-order valence-corrected chi connectivity index (χ3v) is 2.58. The first kappa shape index (κ1) is 12.6. The van der Waals surface area contributed by atoms with Crippen molar-refractivity contribution in [2.24, 2.45) is 7.05 Å². The van der Waals surface area contributed by atoms with Gasteiger partial charge in [-0.1, -0.05) is 18.2 Å². The van der Waals surface area contributed by atoms with Crippen LogP contribution in [0, 0.1) is 0 Å². The second-order valence-electron chi connectivity index (χ2n) is 3.86. The first-order valence-corrected chi connectivity index (χ1v) is 5.23. The van der Waals surface area contributed by atoms with Crippen molar-refractivity contribution >= 4 is 0 Å². The number of hydrogen-bond donors (Lipinski definition) is 1. The molecule has 0 aliphatic carbocycles. The Bertz CT molecular complexity index is 561. The van der Waals surface area contributed by atoms with Gasteiger partial charge < -0.3 is 5.11 Å². The predicted molar refractivity (Wildman–Crippen MR) is 59.6 cm³/mol. The molecule has 18 heavy (non-hydrogen) atoms. The Hall–Kier alpha value is -1.82. The first-order chi connectivity index (χ1) is 8.43. The van der Waals surface area contributed by atoms with Gasteiger partial charge in [0.15, 0.2) is 0 Å². The number of aromatic nitrogens is 2. The molecule has 0 spiro atoms. The topological polar surface area (TPSA) is 38.0 Å². The third-order valence-electron chi connectivity index (χ3n) is 2.58. The number of hydrogen-bond acceptors (Lipinski definition) is 2. The highest BCUT2D eigenvalue weighted by Gasteiger charge is 2.34. The molecule has 96 valence electrons. The zero-order valence-electron chi connectivity index (χ0n) is 9.57. The van der Waals surface area contributed by atoms with E-state index in [1.807, 2.05) is 0 Å². The lowest BCUT2D eigenvalue weighted by Crippen LogP contribution is -2.07. The van der Waals surface area contributed by atoms with E-state index in [1.165, 1.54) is 29.1 Å². The van der Waals surface area contributed by atoms with Gasteiger partial charge in [0.25, 0.3) is 0 Å². The molecule has 0 bridgehead atoms. The summed E-state index contributed by atoms with van der Waals surface area (Å²) in [6.07, 6.45) is -2.96. The highest BCUT2D eigenvalue weighted by molar-refractivity contribution is 5.69. The Labute approximate surface area is 101 Å². The molecule has 0 amide bonds. The maximum absolute atomic E-state index is 12.9. The largest absolute Gasteiger partial charge is 0.417 e. The van der Waals surface area contributed by atoms with Gasteiger partial charge in [0.2, 0.25) is 0 Å². The van der Waals surface area contributed by atoms with Crippen LogP contribution in [0.25, 0.3) is 11.1 Å². The summed E-state index contributed by atoms with van der Waals surface area (Å²) in [5.41, 5.74) is -0.169. The quantitative estimate of drug-likeness (QED) is 0.896. The maximum atomic E-state index is 12.9. The van der Waals surface area contributed by atoms with Crippen LogP contribution in [-0.4, -0.2) is 14.9 Å². The standard InChI is InChI=1S/C12H11F3N2O/c1-17-6-9(11(7-18)16-17)8-4-2-3-5-10(8)12(13,14)15/h2-6,18H,7H2,1H3. The number of nitrogens with zero attached hydrogens (tertiary/aromatic N) is 2. The van der Waals surface area contributed by atoms with Crippen LogP contribution in [0.4, 0.5) is 13.2 Å². The Morgan fingerprint density at radius 2 is 1.89 bits per heavy atom. The number of benzene rings is 1. The van der Waals surface area contributed by atoms with E-state index < -0.39 is 18.3 Å². The number of aliphatic hydroxyl groups is 1. The summed E-state index contributed by atoms with van der Waals surface area (Å²) in [7, 11) is 1.60. The molecule has 0 aliphatic rings. The number of aryl methyl sites for hydroxylation is 1. The van der Waals surface area contributed by atoms with E-state index in [-0.39, 0.29) is 11.3 Å². The van der Waals surface area contributed by atoms with Crippen molar-refractivity contribution in [3.05, 3.63) is 41.7 Å². The predicted octanol–water partition coefficient (Wildman–Crippen LogP) is 2.60. The van der Waals surface area contributed by atoms with Gasteiger partial charge in [0.1, 0.15) is 0 Å². The molecule has 1 heterocycles. The highest BCUT2D eigenvalue weighted by Crippen LogP contribution is 2.37. The van der Waals surface area contributed by atoms with Gasteiger partial charge in [0, 0.05) is 18.8 Å². The van der Waals surface area contributed by atoms with Gasteiger partial charge in [-0.2, -0.15) is 18.3 Å². The van der Waals surface area contributed by atoms with Crippen LogP contribution in [0.3, 0.4) is 0 Å². The van der Waals surface area contributed by atoms with E-state index in [0.29, 0.717) is 5.56 Å². The molecule has 0 unspecified atom stereocenters. The van der Waals surface area contributed by atoms with Gasteiger partial charge in [-0.3, -0.25) is 4.68 Å². The van der Waals surface area contributed by atoms with Crippen molar-refractivity contribution in [3.8, 4) is 11.1 Å². The molecular formula is C12H11F3N2O. The molecule has 0 saturated carbocycles. The minimum absolute atomic E-state index is 0.0298. The van der Waals surface area contributed by atoms with E-state index in [2.05, 4.69) is 5.10 Å². The first-order valence-electron chi connectivity index (χ1n) is 5.23. The molecule has 0 fully saturated rings. The van der Waals surface area contributed by atoms with Crippen molar-refractivity contribution in [2.45, 2.75) is 12.8 Å². The number of halogens is 3. The molecule has 3 nitrogen and oxygen atoms in total. The van der Waals surface area contributed by atoms with Crippen LogP contribution in [0.5, 0.6) is 0 Å². The molecule has 1 aromatic carbocycles. The van der Waals surface area contributed by atoms with Crippen LogP contribution in [0.1, 0.15) is 11.3 Å². The van der Waals surface area contributed by atoms with Crippen molar-refractivity contribution in [1.82, 2.24) is 9.78 Å². The van der Waals surface area contributed by atoms with Gasteiger partial charge in [-0.05, 0) is 11.6 Å². The second-order valence-corrected chi connectivity index (χ2v) is 3.86. The lowest BCUT2D eigenvalue weighted by atomic mass is 10.00. The van der Waals surface area contributed by atoms with Crippen molar-refractivity contribution < 1.29 is 18.3 Å². The second kappa shape index (κ2) is 4.45. The van der Waals surface area contributed by atoms with Gasteiger partial charge >= 0.3 is 6.18 Å². The molecular weight excluding hydrogens is 245 g/mol. The van der Waals surface area contributed by atoms with Crippen molar-refractivity contribution in [2.75, 3.05) is 0 Å². The monoisotopic (exact) mass is 256 g/mol. The SMILES string of the molecule is Cn1cc(-c2ccccc2C(F)(F)F)c(CO)n1. The van der Waals surface area contributed by atoms with Crippen molar-refractivity contribution in [1.29, 1.82) is 0 Å². The summed E-state index contributed by atoms with van der Waals surface area (Å²) in [6, 6.07) is 5.25. The van der Waals surface area contributed by atoms with E-state index in [4.69, 9.17) is 5.11 Å². The van der Waals surface area contributed by atoms with Crippen LogP contribution in [0.2, 0.25) is 0 Å². The lowest BCUT2D eigenvalue weighted by molar-refractivity contribution is -0.137. The van der Waals surface area contributed by atoms with Gasteiger partial charge in [0.05, 0.1) is 17.9 Å². The van der Waals surface area contributed by atoms with E-state index in [0.717, 1.165) is 6.07 Å². The Kier molecular flexibility index (Phi) is 3.13. The smallest absolute Gasteiger partial charge is 0.390 e. The number of alkyl halides is 3. The van der Waals surface area contributed by atoms with Gasteiger partial charge in [-0.15, -0.1) is 0 Å². The Balaban J connectivity index is 2.64. The molecule has 2 aromatic rings. The molecule has 2 rings (SSSR count). The summed E-state index contributed by atoms with van der Waals surface area (Å²) in [6.45, 7) is -0.400. The Morgan fingerprint density at radius 3 is 2.50 bits per heavy atom. The minimum Gasteiger partial charge on any atom is -0.390 e. The molecule has 6 heteroatoms. The summed E-state index contributed by atoms with van der Waals surface area (Å²) in [4.78, 5) is 0. The molecule has 0 saturated heterocycles. The third kappa shape index (κ3) is 2.24. The fourth-order valence-corrected chi connectivity index (χ4v) is 1.84. The zero-order chi connectivity index (χ0) is 13.3. The van der Waals surface area contributed by atoms with Crippen molar-refractivity contribution in [3.63, 3.8) is 0 Å². The molecule has 0 radical (unpaired) electrons. The lowest BCUT2D eigenvalue weighted by Gasteiger charge is -2.12. The molecule has 0 atom stereocenters. The summed E-state index contributed by atoms with van der Waals surface area (Å²) in [5, 5.41) is 13.1. The number of aliphatic hydroxyl groups excluding tert-OH is 1. The summed E-state index contributed by atoms with van der Waals surface area (Å²) in [5.74, 6) is 0. The maximum Gasteiger partial charge on any atom is 0.417 e. The highest BCUT2D eigenvalue weighted by atomic mass is 19.4. The number of rotatable bonds is 2. The molecule has 1 aromatic heterocycles. The summed E-state index contributed by atoms with van der Waals surface area (Å²) < 4.78 is 40.0. The van der Waals surface area contributed by atoms with Gasteiger partial charge in [-0.25, -0.2) is 0 Å². The average molecular weight is 256 g/mol. The van der Waals surface area contributed by atoms with E-state index >= 15 is 0 Å². The van der Waals surface area contributed by atoms with Crippen LogP contribution in [0.15, 0.2) is 30.5 Å². The normalized spacial score (nSPS) is 11.8. The van der Waals surface area contributed by atoms with Crippen LogP contribution >= 0.6 is 0 Å².